The lowest BCUT2D eigenvalue weighted by atomic mass is 9.99. The normalized spacial score (nSPS) is 22.1. The molecule has 1 aliphatic heterocycles. The predicted octanol–water partition coefficient (Wildman–Crippen LogP) is 1.37. The highest BCUT2D eigenvalue weighted by atomic mass is 32.1. The van der Waals surface area contributed by atoms with Crippen LogP contribution in [0.1, 0.15) is 35.6 Å². The van der Waals surface area contributed by atoms with Gasteiger partial charge in [0, 0.05) is 13.1 Å². The number of carbonyl (C=O) groups is 2. The minimum absolute atomic E-state index is 0.0679. The number of likely N-dealkylation sites (tertiary alicyclic amines) is 1. The summed E-state index contributed by atoms with van der Waals surface area (Å²) in [5.74, 6) is -0.438. The summed E-state index contributed by atoms with van der Waals surface area (Å²) in [4.78, 5) is 26.5. The van der Waals surface area contributed by atoms with Crippen LogP contribution < -0.4 is 0 Å². The highest BCUT2D eigenvalue weighted by Crippen LogP contribution is 2.27. The van der Waals surface area contributed by atoms with E-state index in [1.807, 2.05) is 13.8 Å². The van der Waals surface area contributed by atoms with E-state index in [9.17, 15) is 9.59 Å². The van der Waals surface area contributed by atoms with Gasteiger partial charge in [-0.2, -0.15) is 0 Å². The monoisotopic (exact) mass is 297 g/mol. The van der Waals surface area contributed by atoms with Crippen molar-refractivity contribution in [2.24, 2.45) is 11.8 Å². The number of hydrogen-bond donors (Lipinski definition) is 0. The number of hydrogen-bond acceptors (Lipinski definition) is 6. The number of aromatic nitrogens is 2. The number of rotatable bonds is 4. The van der Waals surface area contributed by atoms with Gasteiger partial charge in [-0.25, -0.2) is 0 Å². The molecule has 0 aromatic carbocycles. The van der Waals surface area contributed by atoms with E-state index in [-0.39, 0.29) is 23.7 Å². The number of ether oxygens (including phenoxy) is 1. The Labute approximate surface area is 122 Å². The molecule has 1 amide bonds. The smallest absolute Gasteiger partial charge is 0.310 e. The average Bonchev–Trinajstić information content (AvgIpc) is 3.04. The van der Waals surface area contributed by atoms with Gasteiger partial charge in [-0.15, -0.1) is 5.10 Å². The van der Waals surface area contributed by atoms with Crippen molar-refractivity contribution in [3.05, 3.63) is 10.6 Å². The van der Waals surface area contributed by atoms with Crippen LogP contribution in [-0.4, -0.2) is 46.6 Å². The average molecular weight is 297 g/mol. The molecule has 0 N–H and O–H groups in total. The quantitative estimate of drug-likeness (QED) is 0.785. The van der Waals surface area contributed by atoms with Crippen LogP contribution in [0.25, 0.3) is 0 Å². The first-order chi connectivity index (χ1) is 9.58. The minimum Gasteiger partial charge on any atom is -0.469 e. The second kappa shape index (κ2) is 6.30. The van der Waals surface area contributed by atoms with Crippen molar-refractivity contribution in [3.8, 4) is 0 Å². The zero-order valence-electron chi connectivity index (χ0n) is 12.0. The summed E-state index contributed by atoms with van der Waals surface area (Å²) < 4.78 is 8.66. The molecule has 1 fully saturated rings. The standard InChI is InChI=1S/C13H19N3O3S/c1-4-5-10-11(20-15-14-10)12(17)16-6-8(2)9(7-16)13(18)19-3/h8-9H,4-7H2,1-3H3. The van der Waals surface area contributed by atoms with Crippen molar-refractivity contribution < 1.29 is 14.3 Å². The number of nitrogens with zero attached hydrogens (tertiary/aromatic N) is 3. The van der Waals surface area contributed by atoms with Gasteiger partial charge in [0.25, 0.3) is 5.91 Å². The van der Waals surface area contributed by atoms with Gasteiger partial charge in [-0.1, -0.05) is 24.8 Å². The van der Waals surface area contributed by atoms with Gasteiger partial charge in [-0.05, 0) is 23.9 Å². The first-order valence-electron chi connectivity index (χ1n) is 6.76. The molecular weight excluding hydrogens is 278 g/mol. The van der Waals surface area contributed by atoms with E-state index < -0.39 is 0 Å². The molecule has 110 valence electrons. The Kier molecular flexibility index (Phi) is 4.69. The Hall–Kier alpha value is -1.50. The number of carbonyl (C=O) groups excluding carboxylic acids is 2. The third kappa shape index (κ3) is 2.82. The summed E-state index contributed by atoms with van der Waals surface area (Å²) >= 11 is 1.13. The molecule has 1 aliphatic rings. The van der Waals surface area contributed by atoms with Gasteiger partial charge in [0.2, 0.25) is 0 Å². The van der Waals surface area contributed by atoms with Gasteiger partial charge in [-0.3, -0.25) is 9.59 Å². The minimum atomic E-state index is -0.246. The Morgan fingerprint density at radius 1 is 1.45 bits per heavy atom. The maximum absolute atomic E-state index is 12.5. The van der Waals surface area contributed by atoms with E-state index in [4.69, 9.17) is 4.74 Å². The van der Waals surface area contributed by atoms with Gasteiger partial charge in [0.1, 0.15) is 4.88 Å². The van der Waals surface area contributed by atoms with E-state index in [1.165, 1.54) is 7.11 Å². The van der Waals surface area contributed by atoms with Crippen molar-refractivity contribution >= 4 is 23.4 Å². The van der Waals surface area contributed by atoms with Crippen molar-refractivity contribution in [2.75, 3.05) is 20.2 Å². The summed E-state index contributed by atoms with van der Waals surface area (Å²) in [5.41, 5.74) is 0.761. The molecule has 0 spiro atoms. The van der Waals surface area contributed by atoms with Crippen LogP contribution >= 0.6 is 11.5 Å². The van der Waals surface area contributed by atoms with Crippen molar-refractivity contribution in [1.29, 1.82) is 0 Å². The largest absolute Gasteiger partial charge is 0.469 e. The van der Waals surface area contributed by atoms with E-state index in [1.54, 1.807) is 4.90 Å². The summed E-state index contributed by atoms with van der Waals surface area (Å²) in [6.45, 7) is 4.99. The number of esters is 1. The zero-order valence-corrected chi connectivity index (χ0v) is 12.8. The maximum atomic E-state index is 12.5. The van der Waals surface area contributed by atoms with Crippen LogP contribution in [0.5, 0.6) is 0 Å². The molecule has 1 saturated heterocycles. The van der Waals surface area contributed by atoms with E-state index >= 15 is 0 Å². The Bertz CT molecular complexity index is 503. The zero-order chi connectivity index (χ0) is 14.7. The van der Waals surface area contributed by atoms with Crippen LogP contribution in [0.4, 0.5) is 0 Å². The SMILES string of the molecule is CCCc1nnsc1C(=O)N1CC(C)C(C(=O)OC)C1. The fourth-order valence-electron chi connectivity index (χ4n) is 2.51. The van der Waals surface area contributed by atoms with Crippen LogP contribution in [0.2, 0.25) is 0 Å². The summed E-state index contributed by atoms with van der Waals surface area (Å²) in [5, 5.41) is 4.02. The second-order valence-corrected chi connectivity index (χ2v) is 5.87. The number of aryl methyl sites for hydroxylation is 1. The Morgan fingerprint density at radius 3 is 2.85 bits per heavy atom. The van der Waals surface area contributed by atoms with Crippen molar-refractivity contribution in [3.63, 3.8) is 0 Å². The molecule has 0 radical (unpaired) electrons. The van der Waals surface area contributed by atoms with E-state index in [0.717, 1.165) is 30.1 Å². The first kappa shape index (κ1) is 14.9. The molecule has 7 heteroatoms. The molecule has 2 rings (SSSR count). The molecule has 0 bridgehead atoms. The fraction of sp³-hybridized carbons (Fsp3) is 0.692. The van der Waals surface area contributed by atoms with E-state index in [0.29, 0.717) is 18.0 Å². The third-order valence-electron chi connectivity index (χ3n) is 3.64. The summed E-state index contributed by atoms with van der Waals surface area (Å²) in [6.07, 6.45) is 1.67. The lowest BCUT2D eigenvalue weighted by Gasteiger charge is -2.15. The summed E-state index contributed by atoms with van der Waals surface area (Å²) in [6, 6.07) is 0. The van der Waals surface area contributed by atoms with Gasteiger partial charge in [0.15, 0.2) is 0 Å². The van der Waals surface area contributed by atoms with Crippen molar-refractivity contribution in [1.82, 2.24) is 14.5 Å². The lowest BCUT2D eigenvalue weighted by molar-refractivity contribution is -0.146. The Balaban J connectivity index is 2.11. The molecule has 20 heavy (non-hydrogen) atoms. The Morgan fingerprint density at radius 2 is 2.20 bits per heavy atom. The molecule has 2 atom stereocenters. The van der Waals surface area contributed by atoms with Crippen LogP contribution in [0, 0.1) is 11.8 Å². The first-order valence-corrected chi connectivity index (χ1v) is 7.54. The predicted molar refractivity (Wildman–Crippen MR) is 74.5 cm³/mol. The van der Waals surface area contributed by atoms with E-state index in [2.05, 4.69) is 9.59 Å². The fourth-order valence-corrected chi connectivity index (χ4v) is 3.18. The third-order valence-corrected chi connectivity index (χ3v) is 4.40. The second-order valence-electron chi connectivity index (χ2n) is 5.12. The molecule has 6 nitrogen and oxygen atoms in total. The summed E-state index contributed by atoms with van der Waals surface area (Å²) in [7, 11) is 1.38. The molecular formula is C13H19N3O3S. The molecule has 2 unspecified atom stereocenters. The number of amides is 1. The van der Waals surface area contributed by atoms with Crippen LogP contribution in [0.15, 0.2) is 0 Å². The van der Waals surface area contributed by atoms with Gasteiger partial charge >= 0.3 is 5.97 Å². The molecule has 2 heterocycles. The molecule has 1 aromatic rings. The highest BCUT2D eigenvalue weighted by Gasteiger charge is 2.38. The maximum Gasteiger partial charge on any atom is 0.310 e. The van der Waals surface area contributed by atoms with Crippen LogP contribution in [-0.2, 0) is 16.0 Å². The topological polar surface area (TPSA) is 72.4 Å². The molecule has 0 aliphatic carbocycles. The highest BCUT2D eigenvalue weighted by molar-refractivity contribution is 7.08. The molecule has 1 aromatic heterocycles. The van der Waals surface area contributed by atoms with Crippen LogP contribution in [0.3, 0.4) is 0 Å². The lowest BCUT2D eigenvalue weighted by Crippen LogP contribution is -2.30. The van der Waals surface area contributed by atoms with Crippen molar-refractivity contribution in [2.45, 2.75) is 26.7 Å². The molecule has 0 saturated carbocycles. The number of methoxy groups -OCH3 is 1. The van der Waals surface area contributed by atoms with Gasteiger partial charge in [0.05, 0.1) is 18.7 Å². The van der Waals surface area contributed by atoms with Gasteiger partial charge < -0.3 is 9.64 Å².